The molecule has 0 aromatic heterocycles. The third-order valence-electron chi connectivity index (χ3n) is 53.4. The first kappa shape index (κ1) is 51.0. The van der Waals surface area contributed by atoms with Gasteiger partial charge in [-0.15, -0.1) is 0 Å². The van der Waals surface area contributed by atoms with E-state index in [9.17, 15) is 4.79 Å². The molecule has 0 saturated heterocycles. The quantitative estimate of drug-likeness (QED) is 0.0558. The van der Waals surface area contributed by atoms with Gasteiger partial charge in [-0.05, 0) is 239 Å². The van der Waals surface area contributed by atoms with Gasteiger partial charge in [-0.3, -0.25) is 4.79 Å². The van der Waals surface area contributed by atoms with Gasteiger partial charge in [0.15, 0.2) is 0 Å². The van der Waals surface area contributed by atoms with Crippen molar-refractivity contribution in [1.82, 2.24) is 0 Å². The molecule has 97 heavy (non-hydrogen) atoms. The van der Waals surface area contributed by atoms with E-state index in [0.29, 0.717) is 23.5 Å². The van der Waals surface area contributed by atoms with E-state index in [0.717, 1.165) is 25.7 Å². The second-order valence-electron chi connectivity index (χ2n) is 49.6. The minimum atomic E-state index is 0. The highest BCUT2D eigenvalue weighted by atomic mass is 16.1. The van der Waals surface area contributed by atoms with Crippen molar-refractivity contribution in [2.45, 2.75) is 345 Å². The van der Waals surface area contributed by atoms with Gasteiger partial charge in [0.1, 0.15) is 5.78 Å². The maximum absolute atomic E-state index is 12.2. The lowest BCUT2D eigenvalue weighted by Crippen LogP contribution is -2.23. The third-order valence-corrected chi connectivity index (χ3v) is 53.4. The van der Waals surface area contributed by atoms with E-state index >= 15 is 0 Å². The van der Waals surface area contributed by atoms with E-state index in [1.165, 1.54) is 457 Å². The summed E-state index contributed by atoms with van der Waals surface area (Å²) in [6.45, 7) is 15.8. The Balaban J connectivity index is 0.0000000802. The number of hydrogen-bond donors (Lipinski definition) is 0. The molecular formula is C96H120O. The second kappa shape index (κ2) is 10.6. The molecule has 36 spiro atoms. The van der Waals surface area contributed by atoms with Gasteiger partial charge in [0.2, 0.25) is 0 Å². The molecule has 0 N–H and O–H groups in total. The Morgan fingerprint density at radius 1 is 0.289 bits per heavy atom. The van der Waals surface area contributed by atoms with E-state index in [1.54, 1.807) is 12.8 Å². The van der Waals surface area contributed by atoms with Gasteiger partial charge in [-0.2, -0.15) is 0 Å². The number of carbonyl (C=O) groups excluding carboxylic acids is 1. The van der Waals surface area contributed by atoms with Crippen molar-refractivity contribution in [3.8, 4) is 0 Å². The normalized spacial score (nSPS) is 83.9. The fourth-order valence-corrected chi connectivity index (χ4v) is 58.7. The summed E-state index contributed by atoms with van der Waals surface area (Å²) in [5.41, 5.74) is 44.6. The molecular weight excluding hydrogens is 1170 g/mol. The Bertz CT molecular complexity index is 4420. The second-order valence-corrected chi connectivity index (χ2v) is 49.6. The lowest BCUT2D eigenvalue weighted by molar-refractivity contribution is -0.125. The van der Waals surface area contributed by atoms with Crippen molar-refractivity contribution in [2.75, 3.05) is 0 Å². The molecule has 0 aliphatic heterocycles. The SMILES string of the molecule is C.C1C2C13C21C32C13C21C32C13C21C32C13C21C32C13C21C32C13C21C32C34C56C78C9%10C%11%12C%13%14C%15%16C%17%18C%19%20CC%19C%20%17C%18%15C%16%13C%14%11C%129C%107C85C63C142.CCCC1CC(C)C(CC(C)(C)C)C1=O.CCCCCCCCCCCCCCCCCCCCCCCCCCCCCCCCCCCCCCCCC. The van der Waals surface area contributed by atoms with E-state index < -0.39 is 0 Å². The van der Waals surface area contributed by atoms with Crippen molar-refractivity contribution in [2.24, 2.45) is 230 Å². The first-order chi connectivity index (χ1) is 47.2. The third kappa shape index (κ3) is 2.05. The average Bonchev–Trinajstić information content (AvgIpc) is 1.10. The van der Waals surface area contributed by atoms with Crippen LogP contribution in [0.3, 0.4) is 0 Å². The van der Waals surface area contributed by atoms with Gasteiger partial charge in [0.25, 0.3) is 0 Å². The Morgan fingerprint density at radius 2 is 0.485 bits per heavy atom. The minimum absolute atomic E-state index is 0. The number of unbranched alkanes of at least 4 members (excludes halogenated alkanes) is 38. The summed E-state index contributed by atoms with van der Waals surface area (Å²) in [6, 6.07) is 0. The van der Waals surface area contributed by atoms with Crippen LogP contribution < -0.4 is 0 Å². The Hall–Kier alpha value is -0.330. The van der Waals surface area contributed by atoms with E-state index in [-0.39, 0.29) is 12.8 Å². The first-order valence-electron chi connectivity index (χ1n) is 46.7. The molecule has 1 nitrogen and oxygen atoms in total. The molecule has 0 aromatic rings. The lowest BCUT2D eigenvalue weighted by atomic mass is 9.78. The fraction of sp³-hybridized carbons (Fsp3) is 0.990. The van der Waals surface area contributed by atoms with Crippen LogP contribution in [0.15, 0.2) is 0 Å². The number of hydrogen-bond acceptors (Lipinski definition) is 1. The van der Waals surface area contributed by atoms with Crippen LogP contribution in [-0.2, 0) is 4.79 Å². The van der Waals surface area contributed by atoms with Crippen molar-refractivity contribution in [1.29, 1.82) is 0 Å². The Morgan fingerprint density at radius 3 is 0.660 bits per heavy atom. The summed E-state index contributed by atoms with van der Waals surface area (Å²) in [4.78, 5) is 12.2. The molecule has 37 unspecified atom stereocenters. The van der Waals surface area contributed by atoms with Crippen molar-refractivity contribution >= 4 is 5.78 Å². The van der Waals surface area contributed by atoms with E-state index in [4.69, 9.17) is 0 Å². The highest BCUT2D eigenvalue weighted by Gasteiger charge is 4.00. The molecule has 0 radical (unpaired) electrons. The monoisotopic (exact) mass is 1290 g/mol. The van der Waals surface area contributed by atoms with Gasteiger partial charge in [0, 0.05) is 22.7 Å². The summed E-state index contributed by atoms with van der Waals surface area (Å²) >= 11 is 0. The number of carbonyl (C=O) groups is 1. The van der Waals surface area contributed by atoms with Gasteiger partial charge in [-0.25, -0.2) is 0 Å². The zero-order chi connectivity index (χ0) is 61.8. The molecule has 39 rings (SSSR count). The molecule has 0 heterocycles. The van der Waals surface area contributed by atoms with Crippen LogP contribution in [0.25, 0.3) is 0 Å². The summed E-state index contributed by atoms with van der Waals surface area (Å²) in [5, 5.41) is 0. The van der Waals surface area contributed by atoms with Gasteiger partial charge >= 0.3 is 0 Å². The average molecular weight is 1290 g/mol. The zero-order valence-electron chi connectivity index (χ0n) is 61.1. The summed E-state index contributed by atoms with van der Waals surface area (Å²) in [6.07, 6.45) is 65.9. The molecule has 39 aliphatic rings. The number of Topliss-reactive ketones (excluding diaryl/α,β-unsaturated/α-hetero) is 1. The number of rotatable bonds is 41. The zero-order valence-corrected chi connectivity index (χ0v) is 61.1. The van der Waals surface area contributed by atoms with E-state index in [2.05, 4.69) is 48.5 Å². The maximum Gasteiger partial charge on any atom is 0.139 e. The maximum atomic E-state index is 12.2. The predicted octanol–water partition coefficient (Wildman–Crippen LogP) is 22.0. The van der Waals surface area contributed by atoms with Crippen LogP contribution >= 0.6 is 0 Å². The predicted molar refractivity (Wildman–Crippen MR) is 367 cm³/mol. The standard InChI is InChI=1S/C41H84.C40H6.C14H26O.CH4/c1-3-5-7-9-11-13-15-17-19-21-23-25-27-29-31-33-35-37-39-41-40-38-36-34-32-30-28-26-24-22-20-18-16-14-12-10-8-6-4-2;1-3-5(1)7(3)9(5)11(7)13(9)15(11)17(13)19(15)21(17)23(19)25(21)27(23)29(25)31(27)33(29)35(31)37(33)39(35)38-34-30-26-22-18-14-10-6-2-4(6)8(6,10)12(10,14)16(14,18)20(18,22)24(22,26)28(26,30)32(30,34)36(34,38)40(37,38)39;1-6-7-11-8-10(2)12(13(11)15)9-14(3,4)5;/h3-41H2,1-2H3;3-4H,1-2H2;10-12H,6-9H2,1-5H3;1H4. The largest absolute Gasteiger partial charge is 0.299 e. The Labute approximate surface area is 581 Å². The molecule has 37 atom stereocenters. The van der Waals surface area contributed by atoms with Crippen molar-refractivity contribution in [3.63, 3.8) is 0 Å². The summed E-state index contributed by atoms with van der Waals surface area (Å²) < 4.78 is 0. The van der Waals surface area contributed by atoms with Crippen molar-refractivity contribution < 1.29 is 4.79 Å². The lowest BCUT2D eigenvalue weighted by Gasteiger charge is -2.24. The Kier molecular flexibility index (Phi) is 5.57. The van der Waals surface area contributed by atoms with Crippen LogP contribution in [0.1, 0.15) is 345 Å². The molecule has 510 valence electrons. The van der Waals surface area contributed by atoms with Crippen LogP contribution in [0, 0.1) is 230 Å². The topological polar surface area (TPSA) is 17.1 Å². The minimum Gasteiger partial charge on any atom is -0.299 e. The first-order valence-corrected chi connectivity index (χ1v) is 46.7. The molecule has 0 aromatic carbocycles. The van der Waals surface area contributed by atoms with Crippen LogP contribution in [0.4, 0.5) is 0 Å². The highest BCUT2D eigenvalue weighted by molar-refractivity contribution is 6.44. The smallest absolute Gasteiger partial charge is 0.139 e. The van der Waals surface area contributed by atoms with Gasteiger partial charge in [-0.1, -0.05) is 313 Å². The summed E-state index contributed by atoms with van der Waals surface area (Å²) in [5.74, 6) is 4.65. The molecule has 39 saturated carbocycles. The van der Waals surface area contributed by atoms with Crippen LogP contribution in [0.5, 0.6) is 0 Å². The number of ketones is 1. The molecule has 39 aliphatic carbocycles. The molecule has 1 heteroatoms. The highest BCUT2D eigenvalue weighted by Crippen LogP contribution is 4.00. The van der Waals surface area contributed by atoms with Gasteiger partial charge < -0.3 is 0 Å². The van der Waals surface area contributed by atoms with Crippen LogP contribution in [-0.4, -0.2) is 5.78 Å². The van der Waals surface area contributed by atoms with E-state index in [1.807, 2.05) is 0 Å². The molecule has 0 amide bonds. The molecule has 0 bridgehead atoms. The van der Waals surface area contributed by atoms with Gasteiger partial charge in [0.05, 0.1) is 0 Å². The fourth-order valence-electron chi connectivity index (χ4n) is 58.7. The summed E-state index contributed by atoms with van der Waals surface area (Å²) in [7, 11) is 0. The molecule has 39 fully saturated rings. The van der Waals surface area contributed by atoms with Crippen LogP contribution in [0.2, 0.25) is 0 Å². The van der Waals surface area contributed by atoms with Crippen molar-refractivity contribution in [3.05, 3.63) is 0 Å².